The van der Waals surface area contributed by atoms with E-state index in [0.717, 1.165) is 22.3 Å². The van der Waals surface area contributed by atoms with Gasteiger partial charge in [0.2, 0.25) is 0 Å². The summed E-state index contributed by atoms with van der Waals surface area (Å²) in [5.41, 5.74) is 6.20. The summed E-state index contributed by atoms with van der Waals surface area (Å²) in [7, 11) is 0. The fraction of sp³-hybridized carbons (Fsp3) is 0.200. The lowest BCUT2D eigenvalue weighted by molar-refractivity contribution is 0.417. The lowest BCUT2D eigenvalue weighted by atomic mass is 9.75. The maximum absolute atomic E-state index is 6.53. The minimum absolute atomic E-state index is 0.314. The van der Waals surface area contributed by atoms with Crippen LogP contribution in [-0.2, 0) is 10.8 Å². The van der Waals surface area contributed by atoms with Crippen LogP contribution < -0.4 is 9.47 Å². The molecule has 0 saturated heterocycles. The quantitative estimate of drug-likeness (QED) is 0.225. The molecule has 6 heteroatoms. The van der Waals surface area contributed by atoms with Crippen LogP contribution in [0.4, 0.5) is 22.7 Å². The number of benzene rings is 4. The molecule has 4 aromatic carbocycles. The Morgan fingerprint density at radius 2 is 0.667 bits per heavy atom. The van der Waals surface area contributed by atoms with E-state index in [2.05, 4.69) is 72.4 Å². The van der Waals surface area contributed by atoms with Crippen LogP contribution >= 0.6 is 0 Å². The Bertz CT molecular complexity index is 1410. The number of hydrogen-bond donors (Lipinski definition) is 0. The van der Waals surface area contributed by atoms with Crippen molar-refractivity contribution in [1.82, 2.24) is 0 Å². The number of rotatable bonds is 0. The smallest absolute Gasteiger partial charge is 0.159 e. The predicted molar refractivity (Wildman–Crippen MR) is 139 cm³/mol. The van der Waals surface area contributed by atoms with Crippen molar-refractivity contribution in [3.05, 3.63) is 95.1 Å². The van der Waals surface area contributed by atoms with Crippen molar-refractivity contribution in [2.75, 3.05) is 0 Å². The third-order valence-electron chi connectivity index (χ3n) is 7.61. The van der Waals surface area contributed by atoms with Crippen molar-refractivity contribution < 1.29 is 9.47 Å². The highest BCUT2D eigenvalue weighted by molar-refractivity contribution is 5.73. The summed E-state index contributed by atoms with van der Waals surface area (Å²) in [6.45, 7) is 8.76. The van der Waals surface area contributed by atoms with Gasteiger partial charge in [-0.2, -0.15) is 0 Å². The van der Waals surface area contributed by atoms with Crippen LogP contribution in [-0.4, -0.2) is 0 Å². The minimum Gasteiger partial charge on any atom is -0.452 e. The number of para-hydroxylation sites is 4. The fourth-order valence-corrected chi connectivity index (χ4v) is 5.52. The van der Waals surface area contributed by atoms with Gasteiger partial charge in [0.1, 0.15) is 22.7 Å². The topological polar surface area (TPSA) is 67.9 Å². The van der Waals surface area contributed by atoms with Crippen molar-refractivity contribution in [2.45, 2.75) is 38.5 Å². The van der Waals surface area contributed by atoms with Gasteiger partial charge < -0.3 is 9.47 Å². The number of azo groups is 2. The molecule has 0 aromatic heterocycles. The molecule has 4 bridgehead atoms. The maximum Gasteiger partial charge on any atom is 0.159 e. The zero-order valence-electron chi connectivity index (χ0n) is 20.5. The molecule has 0 saturated carbocycles. The van der Waals surface area contributed by atoms with E-state index >= 15 is 0 Å². The molecule has 0 spiro atoms. The summed E-state index contributed by atoms with van der Waals surface area (Å²) in [6.07, 6.45) is 0. The summed E-state index contributed by atoms with van der Waals surface area (Å²) < 4.78 is 13.1. The van der Waals surface area contributed by atoms with E-state index in [9.17, 15) is 0 Å². The average molecular weight is 473 g/mol. The Hall–Kier alpha value is -4.32. The van der Waals surface area contributed by atoms with Crippen LogP contribution in [0.2, 0.25) is 0 Å². The Labute approximate surface area is 209 Å². The Kier molecular flexibility index (Phi) is 4.14. The first kappa shape index (κ1) is 21.0. The van der Waals surface area contributed by atoms with Crippen LogP contribution in [0.5, 0.6) is 23.0 Å². The van der Waals surface area contributed by atoms with Crippen molar-refractivity contribution in [2.24, 2.45) is 20.5 Å². The van der Waals surface area contributed by atoms with Gasteiger partial charge in [-0.15, -0.1) is 20.5 Å². The van der Waals surface area contributed by atoms with Crippen LogP contribution in [0.3, 0.4) is 0 Å². The zero-order valence-corrected chi connectivity index (χ0v) is 20.5. The molecule has 0 fully saturated rings. The summed E-state index contributed by atoms with van der Waals surface area (Å²) in [5, 5.41) is 18.7. The van der Waals surface area contributed by atoms with Crippen molar-refractivity contribution in [3.8, 4) is 23.0 Å². The molecule has 0 N–H and O–H groups in total. The van der Waals surface area contributed by atoms with Gasteiger partial charge in [-0.3, -0.25) is 0 Å². The zero-order chi connectivity index (χ0) is 24.7. The lowest BCUT2D eigenvalue weighted by Crippen LogP contribution is -2.24. The summed E-state index contributed by atoms with van der Waals surface area (Å²) in [6, 6.07) is 24.0. The summed E-state index contributed by atoms with van der Waals surface area (Å²) in [5.74, 6) is 2.75. The lowest BCUT2D eigenvalue weighted by Gasteiger charge is -2.35. The van der Waals surface area contributed by atoms with Crippen molar-refractivity contribution in [1.29, 1.82) is 0 Å². The van der Waals surface area contributed by atoms with Crippen LogP contribution in [0, 0.1) is 0 Å². The third-order valence-corrected chi connectivity index (χ3v) is 7.61. The number of nitrogens with zero attached hydrogens (tertiary/aromatic N) is 4. The molecule has 3 aliphatic rings. The van der Waals surface area contributed by atoms with E-state index in [4.69, 9.17) is 9.47 Å². The normalized spacial score (nSPS) is 17.0. The first-order valence-corrected chi connectivity index (χ1v) is 12.1. The molecule has 36 heavy (non-hydrogen) atoms. The van der Waals surface area contributed by atoms with Crippen molar-refractivity contribution >= 4 is 22.7 Å². The first-order chi connectivity index (χ1) is 17.4. The largest absolute Gasteiger partial charge is 0.452 e. The van der Waals surface area contributed by atoms with Gasteiger partial charge >= 0.3 is 0 Å². The second-order valence-corrected chi connectivity index (χ2v) is 10.5. The van der Waals surface area contributed by atoms with E-state index in [1.807, 2.05) is 48.5 Å². The van der Waals surface area contributed by atoms with E-state index in [0.29, 0.717) is 45.7 Å². The Morgan fingerprint density at radius 3 is 0.917 bits per heavy atom. The molecule has 3 heterocycles. The molecular weight excluding hydrogens is 448 g/mol. The maximum atomic E-state index is 6.53. The molecule has 0 aliphatic carbocycles. The second-order valence-electron chi connectivity index (χ2n) is 10.5. The fourth-order valence-electron chi connectivity index (χ4n) is 5.52. The summed E-state index contributed by atoms with van der Waals surface area (Å²) >= 11 is 0. The van der Waals surface area contributed by atoms with Crippen molar-refractivity contribution in [3.63, 3.8) is 0 Å². The van der Waals surface area contributed by atoms with Gasteiger partial charge in [0, 0.05) is 33.1 Å². The third kappa shape index (κ3) is 2.78. The van der Waals surface area contributed by atoms with Gasteiger partial charge in [0.25, 0.3) is 0 Å². The van der Waals surface area contributed by atoms with Crippen LogP contribution in [0.1, 0.15) is 49.9 Å². The molecule has 4 aromatic rings. The van der Waals surface area contributed by atoms with Crippen LogP contribution in [0.15, 0.2) is 93.3 Å². The highest BCUT2D eigenvalue weighted by Gasteiger charge is 2.38. The molecule has 6 nitrogen and oxygen atoms in total. The van der Waals surface area contributed by atoms with E-state index in [-0.39, 0.29) is 10.8 Å². The van der Waals surface area contributed by atoms with Gasteiger partial charge in [-0.25, -0.2) is 0 Å². The Balaban J connectivity index is 1.56. The van der Waals surface area contributed by atoms with Gasteiger partial charge in [-0.1, -0.05) is 76.2 Å². The molecular formula is C30H24N4O2. The Morgan fingerprint density at radius 1 is 0.417 bits per heavy atom. The standard InChI is InChI=1S/C30H24N4O2/c1-29(2)17-9-5-13-21-25(17)35-26-18(29)10-6-14-22(26)32-34-24-16-8-12-20-28(24)36-27-19(30(20,3)4)11-7-15-23(27)33-31-21/h5-16H,1-4H3. The predicted octanol–water partition coefficient (Wildman–Crippen LogP) is 9.69. The molecule has 7 rings (SSSR count). The highest BCUT2D eigenvalue weighted by Crippen LogP contribution is 2.57. The molecule has 0 radical (unpaired) electrons. The average Bonchev–Trinajstić information content (AvgIpc) is 2.86. The highest BCUT2D eigenvalue weighted by atomic mass is 16.5. The van der Waals surface area contributed by atoms with Gasteiger partial charge in [0.05, 0.1) is 0 Å². The molecule has 0 amide bonds. The van der Waals surface area contributed by atoms with Gasteiger partial charge in [-0.05, 0) is 24.3 Å². The SMILES string of the molecule is CC1(C)c2cccc3c2Oc2c(cccc21)N=Nc1cccc2c1Oc1c(cccc1C2(C)C)N=N3. The first-order valence-electron chi connectivity index (χ1n) is 12.1. The van der Waals surface area contributed by atoms with E-state index in [1.54, 1.807) is 0 Å². The molecule has 0 atom stereocenters. The molecule has 0 unspecified atom stereocenters. The number of ether oxygens (including phenoxy) is 2. The van der Waals surface area contributed by atoms with Crippen LogP contribution in [0.25, 0.3) is 0 Å². The molecule has 176 valence electrons. The van der Waals surface area contributed by atoms with E-state index in [1.165, 1.54) is 0 Å². The van der Waals surface area contributed by atoms with E-state index < -0.39 is 0 Å². The monoisotopic (exact) mass is 472 g/mol. The van der Waals surface area contributed by atoms with Gasteiger partial charge in [0.15, 0.2) is 23.0 Å². The summed E-state index contributed by atoms with van der Waals surface area (Å²) in [4.78, 5) is 0. The molecule has 3 aliphatic heterocycles. The second kappa shape index (κ2) is 7.10. The number of hydrogen-bond acceptors (Lipinski definition) is 6. The minimum atomic E-state index is -0.314.